The third-order valence-electron chi connectivity index (χ3n) is 4.25. The molecule has 23 heavy (non-hydrogen) atoms. The van der Waals surface area contributed by atoms with Gasteiger partial charge in [0.25, 0.3) is 0 Å². The quantitative estimate of drug-likeness (QED) is 0.835. The van der Waals surface area contributed by atoms with E-state index in [1.54, 1.807) is 0 Å². The van der Waals surface area contributed by atoms with Crippen molar-refractivity contribution < 1.29 is 27.0 Å². The number of halogens is 1. The Bertz CT molecular complexity index is 662. The number of nitrogens with zero attached hydrogens (tertiary/aromatic N) is 1. The van der Waals surface area contributed by atoms with Gasteiger partial charge in [0.2, 0.25) is 10.0 Å². The molecule has 8 heteroatoms. The minimum atomic E-state index is -3.83. The van der Waals surface area contributed by atoms with Crippen LogP contribution in [0.2, 0.25) is 0 Å². The molecule has 3 rings (SSSR count). The Kier molecular flexibility index (Phi) is 4.59. The second-order valence-corrected chi connectivity index (χ2v) is 7.57. The zero-order chi connectivity index (χ0) is 16.5. The Morgan fingerprint density at radius 1 is 1.22 bits per heavy atom. The molecule has 0 aliphatic carbocycles. The van der Waals surface area contributed by atoms with Crippen LogP contribution in [0, 0.1) is 5.82 Å². The van der Waals surface area contributed by atoms with E-state index >= 15 is 0 Å². The summed E-state index contributed by atoms with van der Waals surface area (Å²) in [5.41, 5.74) is 0. The smallest absolute Gasteiger partial charge is 0.246 e. The second kappa shape index (κ2) is 6.35. The summed E-state index contributed by atoms with van der Waals surface area (Å²) >= 11 is 0. The number of ether oxygens (including phenoxy) is 3. The van der Waals surface area contributed by atoms with E-state index in [4.69, 9.17) is 14.2 Å². The molecule has 0 atom stereocenters. The van der Waals surface area contributed by atoms with Crippen molar-refractivity contribution in [1.29, 1.82) is 0 Å². The fourth-order valence-electron chi connectivity index (χ4n) is 2.96. The van der Waals surface area contributed by atoms with Gasteiger partial charge in [0, 0.05) is 25.9 Å². The number of hydrogen-bond acceptors (Lipinski definition) is 5. The molecule has 2 aliphatic rings. The largest absolute Gasteiger partial charge is 0.495 e. The van der Waals surface area contributed by atoms with Crippen LogP contribution in [0.1, 0.15) is 19.3 Å². The van der Waals surface area contributed by atoms with Crippen molar-refractivity contribution in [3.63, 3.8) is 0 Å². The minimum absolute atomic E-state index is 0.136. The third kappa shape index (κ3) is 3.21. The first-order chi connectivity index (χ1) is 11.0. The summed E-state index contributed by atoms with van der Waals surface area (Å²) in [5.74, 6) is -1.15. The summed E-state index contributed by atoms with van der Waals surface area (Å²) in [5, 5.41) is 0. The molecular formula is C15H20FNO5S. The molecule has 0 radical (unpaired) electrons. The molecule has 2 heterocycles. The topological polar surface area (TPSA) is 65.1 Å². The molecule has 2 fully saturated rings. The maximum absolute atomic E-state index is 13.5. The molecule has 1 aromatic carbocycles. The lowest BCUT2D eigenvalue weighted by atomic mass is 10.0. The van der Waals surface area contributed by atoms with Crippen LogP contribution in [0.5, 0.6) is 5.75 Å². The van der Waals surface area contributed by atoms with Crippen LogP contribution < -0.4 is 4.74 Å². The van der Waals surface area contributed by atoms with Crippen molar-refractivity contribution in [2.75, 3.05) is 33.4 Å². The lowest BCUT2D eigenvalue weighted by Crippen LogP contribution is -2.51. The van der Waals surface area contributed by atoms with E-state index in [2.05, 4.69) is 0 Å². The van der Waals surface area contributed by atoms with Gasteiger partial charge in [0.1, 0.15) is 16.5 Å². The number of hydrogen-bond donors (Lipinski definition) is 0. The molecule has 1 spiro atoms. The van der Waals surface area contributed by atoms with E-state index in [0.29, 0.717) is 26.1 Å². The highest BCUT2D eigenvalue weighted by Gasteiger charge is 2.42. The lowest BCUT2D eigenvalue weighted by Gasteiger charge is -2.42. The van der Waals surface area contributed by atoms with Crippen LogP contribution in [0.4, 0.5) is 4.39 Å². The molecule has 0 aromatic heterocycles. The average molecular weight is 345 g/mol. The first-order valence-corrected chi connectivity index (χ1v) is 9.02. The summed E-state index contributed by atoms with van der Waals surface area (Å²) in [6, 6.07) is 3.49. The Morgan fingerprint density at radius 3 is 2.48 bits per heavy atom. The normalized spacial score (nSPS) is 22.2. The third-order valence-corrected chi connectivity index (χ3v) is 6.17. The number of sulfonamides is 1. The fourth-order valence-corrected chi connectivity index (χ4v) is 4.57. The van der Waals surface area contributed by atoms with Crippen molar-refractivity contribution in [1.82, 2.24) is 4.31 Å². The van der Waals surface area contributed by atoms with Crippen LogP contribution in [0.15, 0.2) is 23.1 Å². The van der Waals surface area contributed by atoms with Gasteiger partial charge >= 0.3 is 0 Å². The van der Waals surface area contributed by atoms with Crippen LogP contribution in [-0.4, -0.2) is 51.9 Å². The molecule has 6 nitrogen and oxygen atoms in total. The number of rotatable bonds is 3. The van der Waals surface area contributed by atoms with Crippen molar-refractivity contribution in [2.45, 2.75) is 29.9 Å². The van der Waals surface area contributed by atoms with Crippen LogP contribution in [-0.2, 0) is 19.5 Å². The number of piperidine rings is 1. The maximum Gasteiger partial charge on any atom is 0.246 e. The standard InChI is InChI=1S/C15H20FNO5S/c1-20-13-4-3-12(16)11-14(13)23(18,19)17-7-5-15(6-8-17)21-9-2-10-22-15/h3-4,11H,2,5-10H2,1H3. The van der Waals surface area contributed by atoms with Gasteiger partial charge in [0.05, 0.1) is 20.3 Å². The Labute approximate surface area is 135 Å². The monoisotopic (exact) mass is 345 g/mol. The zero-order valence-electron chi connectivity index (χ0n) is 13.0. The number of benzene rings is 1. The first kappa shape index (κ1) is 16.6. The minimum Gasteiger partial charge on any atom is -0.495 e. The van der Waals surface area contributed by atoms with Crippen LogP contribution in [0.25, 0.3) is 0 Å². The predicted octanol–water partition coefficient (Wildman–Crippen LogP) is 1.75. The zero-order valence-corrected chi connectivity index (χ0v) is 13.8. The van der Waals surface area contributed by atoms with Gasteiger partial charge in [-0.1, -0.05) is 0 Å². The van der Waals surface area contributed by atoms with Crippen molar-refractivity contribution in [3.8, 4) is 5.75 Å². The van der Waals surface area contributed by atoms with E-state index in [9.17, 15) is 12.8 Å². The maximum atomic E-state index is 13.5. The molecule has 2 aliphatic heterocycles. The molecular weight excluding hydrogens is 325 g/mol. The van der Waals surface area contributed by atoms with E-state index in [1.165, 1.54) is 23.5 Å². The van der Waals surface area contributed by atoms with Crippen molar-refractivity contribution in [2.24, 2.45) is 0 Å². The van der Waals surface area contributed by atoms with E-state index in [-0.39, 0.29) is 23.7 Å². The summed E-state index contributed by atoms with van der Waals surface area (Å²) in [6.07, 6.45) is 1.78. The Hall–Kier alpha value is -1.22. The number of methoxy groups -OCH3 is 1. The van der Waals surface area contributed by atoms with Gasteiger partial charge in [-0.3, -0.25) is 0 Å². The predicted molar refractivity (Wildman–Crippen MR) is 80.2 cm³/mol. The average Bonchev–Trinajstić information content (AvgIpc) is 2.56. The summed E-state index contributed by atoms with van der Waals surface area (Å²) in [6.45, 7) is 1.79. The molecule has 0 bridgehead atoms. The van der Waals surface area contributed by atoms with Crippen molar-refractivity contribution in [3.05, 3.63) is 24.0 Å². The van der Waals surface area contributed by atoms with Gasteiger partial charge in [-0.25, -0.2) is 12.8 Å². The summed E-state index contributed by atoms with van der Waals surface area (Å²) in [7, 11) is -2.46. The van der Waals surface area contributed by atoms with Gasteiger partial charge < -0.3 is 14.2 Å². The highest BCUT2D eigenvalue weighted by atomic mass is 32.2. The first-order valence-electron chi connectivity index (χ1n) is 7.58. The van der Waals surface area contributed by atoms with E-state index < -0.39 is 21.6 Å². The molecule has 128 valence electrons. The highest BCUT2D eigenvalue weighted by Crippen LogP contribution is 2.34. The Morgan fingerprint density at radius 2 is 1.87 bits per heavy atom. The van der Waals surface area contributed by atoms with Gasteiger partial charge in [-0.05, 0) is 24.6 Å². The summed E-state index contributed by atoms with van der Waals surface area (Å²) in [4.78, 5) is -0.151. The molecule has 0 N–H and O–H groups in total. The molecule has 0 amide bonds. The van der Waals surface area contributed by atoms with Gasteiger partial charge in [-0.2, -0.15) is 4.31 Å². The SMILES string of the molecule is COc1ccc(F)cc1S(=O)(=O)N1CCC2(CC1)OCCCO2. The second-order valence-electron chi connectivity index (χ2n) is 5.66. The lowest BCUT2D eigenvalue weighted by molar-refractivity contribution is -0.280. The van der Waals surface area contributed by atoms with Gasteiger partial charge in [0.15, 0.2) is 5.79 Å². The van der Waals surface area contributed by atoms with E-state index in [0.717, 1.165) is 12.5 Å². The Balaban J connectivity index is 1.80. The van der Waals surface area contributed by atoms with Crippen molar-refractivity contribution >= 4 is 10.0 Å². The summed E-state index contributed by atoms with van der Waals surface area (Å²) < 4.78 is 56.9. The van der Waals surface area contributed by atoms with Gasteiger partial charge in [-0.15, -0.1) is 0 Å². The van der Waals surface area contributed by atoms with Crippen LogP contribution >= 0.6 is 0 Å². The molecule has 0 unspecified atom stereocenters. The molecule has 1 aromatic rings. The molecule has 0 saturated carbocycles. The molecule has 2 saturated heterocycles. The van der Waals surface area contributed by atoms with E-state index in [1.807, 2.05) is 0 Å². The fraction of sp³-hybridized carbons (Fsp3) is 0.600. The van der Waals surface area contributed by atoms with Crippen LogP contribution in [0.3, 0.4) is 0 Å². The highest BCUT2D eigenvalue weighted by molar-refractivity contribution is 7.89.